The number of carboxylic acid groups (broad SMARTS) is 2. The normalized spacial score (nSPS) is 11.5. The summed E-state index contributed by atoms with van der Waals surface area (Å²) in [6.07, 6.45) is -0.439. The Morgan fingerprint density at radius 2 is 1.87 bits per heavy atom. The predicted octanol–water partition coefficient (Wildman–Crippen LogP) is -0.376. The number of carbonyl (C=O) groups is 3. The molecule has 0 saturated heterocycles. The van der Waals surface area contributed by atoms with E-state index in [9.17, 15) is 14.4 Å². The highest BCUT2D eigenvalue weighted by Gasteiger charge is 2.20. The van der Waals surface area contributed by atoms with Crippen molar-refractivity contribution in [3.63, 3.8) is 0 Å². The van der Waals surface area contributed by atoms with Crippen LogP contribution in [0.1, 0.15) is 19.8 Å². The Labute approximate surface area is 86.5 Å². The van der Waals surface area contributed by atoms with E-state index < -0.39 is 24.0 Å². The Bertz CT molecular complexity index is 253. The second kappa shape index (κ2) is 6.63. The number of carboxylic acids is 2. The minimum absolute atomic E-state index is 0.137. The van der Waals surface area contributed by atoms with Gasteiger partial charge in [0.1, 0.15) is 6.04 Å². The summed E-state index contributed by atoms with van der Waals surface area (Å²) in [7, 11) is 0. The third-order valence-corrected chi connectivity index (χ3v) is 1.59. The van der Waals surface area contributed by atoms with E-state index in [0.717, 1.165) is 0 Å². The van der Waals surface area contributed by atoms with E-state index in [-0.39, 0.29) is 12.8 Å². The van der Waals surface area contributed by atoms with E-state index in [4.69, 9.17) is 10.2 Å². The Hall–Kier alpha value is -1.79. The Morgan fingerprint density at radius 1 is 1.27 bits per heavy atom. The molecule has 0 bridgehead atoms. The molecule has 86 valence electrons. The molecule has 0 rings (SSSR count). The zero-order chi connectivity index (χ0) is 11.8. The van der Waals surface area contributed by atoms with Crippen LogP contribution in [0.15, 0.2) is 0 Å². The maximum Gasteiger partial charge on any atom is 0.326 e. The van der Waals surface area contributed by atoms with Gasteiger partial charge in [-0.1, -0.05) is 0 Å². The van der Waals surface area contributed by atoms with E-state index in [1.165, 1.54) is 0 Å². The molecular formula is C8H14N2O5. The van der Waals surface area contributed by atoms with E-state index in [2.05, 4.69) is 10.6 Å². The van der Waals surface area contributed by atoms with Gasteiger partial charge in [-0.15, -0.1) is 0 Å². The lowest BCUT2D eigenvalue weighted by molar-refractivity contribution is -0.140. The Balaban J connectivity index is 4.10. The number of hydrogen-bond acceptors (Lipinski definition) is 3. The summed E-state index contributed by atoms with van der Waals surface area (Å²) < 4.78 is 0. The van der Waals surface area contributed by atoms with Crippen LogP contribution in [-0.4, -0.2) is 40.8 Å². The van der Waals surface area contributed by atoms with Gasteiger partial charge in [-0.2, -0.15) is 0 Å². The molecule has 0 aromatic heterocycles. The van der Waals surface area contributed by atoms with Crippen molar-refractivity contribution < 1.29 is 24.6 Å². The van der Waals surface area contributed by atoms with Crippen LogP contribution >= 0.6 is 0 Å². The lowest BCUT2D eigenvalue weighted by Gasteiger charge is -2.13. The van der Waals surface area contributed by atoms with E-state index >= 15 is 0 Å². The molecule has 0 unspecified atom stereocenters. The highest BCUT2D eigenvalue weighted by molar-refractivity contribution is 5.82. The maximum atomic E-state index is 11.0. The van der Waals surface area contributed by atoms with Crippen LogP contribution in [0.2, 0.25) is 0 Å². The molecule has 2 amide bonds. The molecule has 7 nitrogen and oxygen atoms in total. The smallest absolute Gasteiger partial charge is 0.326 e. The lowest BCUT2D eigenvalue weighted by atomic mass is 10.1. The fourth-order valence-corrected chi connectivity index (χ4v) is 0.895. The number of hydrogen-bond donors (Lipinski definition) is 4. The van der Waals surface area contributed by atoms with Crippen molar-refractivity contribution in [3.05, 3.63) is 0 Å². The summed E-state index contributed by atoms with van der Waals surface area (Å²) >= 11 is 0. The van der Waals surface area contributed by atoms with Crippen molar-refractivity contribution in [2.75, 3.05) is 6.54 Å². The Morgan fingerprint density at radius 3 is 2.27 bits per heavy atom. The molecule has 0 aromatic carbocycles. The van der Waals surface area contributed by atoms with Gasteiger partial charge in [0.15, 0.2) is 0 Å². The zero-order valence-corrected chi connectivity index (χ0v) is 8.32. The van der Waals surface area contributed by atoms with E-state index in [1.807, 2.05) is 0 Å². The fraction of sp³-hybridized carbons (Fsp3) is 0.625. The molecule has 15 heavy (non-hydrogen) atoms. The Kier molecular flexibility index (Phi) is 5.84. The number of rotatable bonds is 6. The highest BCUT2D eigenvalue weighted by Crippen LogP contribution is 1.97. The molecular weight excluding hydrogens is 204 g/mol. The van der Waals surface area contributed by atoms with Gasteiger partial charge in [-0.25, -0.2) is 9.59 Å². The molecule has 4 N–H and O–H groups in total. The number of urea groups is 1. The maximum absolute atomic E-state index is 11.0. The molecule has 0 aliphatic rings. The molecule has 0 fully saturated rings. The zero-order valence-electron chi connectivity index (χ0n) is 8.32. The van der Waals surface area contributed by atoms with Gasteiger partial charge in [-0.05, 0) is 13.3 Å². The van der Waals surface area contributed by atoms with Crippen LogP contribution in [-0.2, 0) is 9.59 Å². The SMILES string of the molecule is CCNC(=O)N[C@@H](CCC(=O)O)C(=O)O. The second-order valence-corrected chi connectivity index (χ2v) is 2.83. The van der Waals surface area contributed by atoms with Crippen molar-refractivity contribution in [1.82, 2.24) is 10.6 Å². The minimum atomic E-state index is -1.25. The van der Waals surface area contributed by atoms with Gasteiger partial charge in [0, 0.05) is 13.0 Å². The van der Waals surface area contributed by atoms with Crippen LogP contribution in [0.4, 0.5) is 4.79 Å². The van der Waals surface area contributed by atoms with Gasteiger partial charge in [0.25, 0.3) is 0 Å². The fourth-order valence-electron chi connectivity index (χ4n) is 0.895. The summed E-state index contributed by atoms with van der Waals surface area (Å²) in [6, 6.07) is -1.79. The molecule has 0 aliphatic heterocycles. The number of amides is 2. The predicted molar refractivity (Wildman–Crippen MR) is 50.5 cm³/mol. The van der Waals surface area contributed by atoms with E-state index in [1.54, 1.807) is 6.92 Å². The van der Waals surface area contributed by atoms with Crippen molar-refractivity contribution in [2.45, 2.75) is 25.8 Å². The first kappa shape index (κ1) is 13.2. The summed E-state index contributed by atoms with van der Waals surface area (Å²) in [6.45, 7) is 2.06. The minimum Gasteiger partial charge on any atom is -0.481 e. The number of carbonyl (C=O) groups excluding carboxylic acids is 1. The number of aliphatic carboxylic acids is 2. The first-order valence-corrected chi connectivity index (χ1v) is 4.46. The van der Waals surface area contributed by atoms with Gasteiger partial charge in [0.2, 0.25) is 0 Å². The quantitative estimate of drug-likeness (QED) is 0.485. The molecule has 0 heterocycles. The first-order valence-electron chi connectivity index (χ1n) is 4.46. The summed E-state index contributed by atoms with van der Waals surface area (Å²) in [5, 5.41) is 21.5. The van der Waals surface area contributed by atoms with Gasteiger partial charge < -0.3 is 20.8 Å². The van der Waals surface area contributed by atoms with Gasteiger partial charge in [-0.3, -0.25) is 4.79 Å². The molecule has 0 saturated carbocycles. The molecule has 7 heteroatoms. The van der Waals surface area contributed by atoms with Gasteiger partial charge >= 0.3 is 18.0 Å². The summed E-state index contributed by atoms with van der Waals surface area (Å²) in [5.74, 6) is -2.35. The first-order chi connectivity index (χ1) is 6.97. The van der Waals surface area contributed by atoms with Crippen LogP contribution in [0, 0.1) is 0 Å². The summed E-state index contributed by atoms with van der Waals surface area (Å²) in [4.78, 5) is 31.8. The van der Waals surface area contributed by atoms with Crippen LogP contribution in [0.25, 0.3) is 0 Å². The van der Waals surface area contributed by atoms with Crippen molar-refractivity contribution in [3.8, 4) is 0 Å². The van der Waals surface area contributed by atoms with Crippen LogP contribution in [0.5, 0.6) is 0 Å². The van der Waals surface area contributed by atoms with Crippen molar-refractivity contribution in [2.24, 2.45) is 0 Å². The van der Waals surface area contributed by atoms with Crippen LogP contribution < -0.4 is 10.6 Å². The summed E-state index contributed by atoms with van der Waals surface area (Å²) in [5.41, 5.74) is 0. The lowest BCUT2D eigenvalue weighted by Crippen LogP contribution is -2.46. The average molecular weight is 218 g/mol. The molecule has 1 atom stereocenters. The second-order valence-electron chi connectivity index (χ2n) is 2.83. The van der Waals surface area contributed by atoms with E-state index in [0.29, 0.717) is 6.54 Å². The standard InChI is InChI=1S/C8H14N2O5/c1-2-9-8(15)10-5(7(13)14)3-4-6(11)12/h5H,2-4H2,1H3,(H,11,12)(H,13,14)(H2,9,10,15)/t5-/m0/s1. The molecule has 0 radical (unpaired) electrons. The van der Waals surface area contributed by atoms with Gasteiger partial charge in [0.05, 0.1) is 0 Å². The van der Waals surface area contributed by atoms with Crippen molar-refractivity contribution in [1.29, 1.82) is 0 Å². The van der Waals surface area contributed by atoms with Crippen molar-refractivity contribution >= 4 is 18.0 Å². The largest absolute Gasteiger partial charge is 0.481 e. The molecule has 0 aliphatic carbocycles. The highest BCUT2D eigenvalue weighted by atomic mass is 16.4. The third-order valence-electron chi connectivity index (χ3n) is 1.59. The monoisotopic (exact) mass is 218 g/mol. The molecule has 0 aromatic rings. The molecule has 0 spiro atoms. The third kappa shape index (κ3) is 6.30. The topological polar surface area (TPSA) is 116 Å². The van der Waals surface area contributed by atoms with Crippen LogP contribution in [0.3, 0.4) is 0 Å². The average Bonchev–Trinajstić information content (AvgIpc) is 2.11. The number of nitrogens with one attached hydrogen (secondary N) is 2.